The summed E-state index contributed by atoms with van der Waals surface area (Å²) in [5.74, 6) is -0.755. The molecule has 0 saturated carbocycles. The number of rotatable bonds is 5. The van der Waals surface area contributed by atoms with Crippen LogP contribution >= 0.6 is 0 Å². The van der Waals surface area contributed by atoms with Gasteiger partial charge in [-0.1, -0.05) is 25.8 Å². The molecule has 1 atom stereocenters. The Balaban J connectivity index is 2.26. The Hall–Kier alpha value is -1.14. The molecule has 0 amide bonds. The predicted molar refractivity (Wildman–Crippen MR) is 78.1 cm³/mol. The number of piperazine rings is 1. The van der Waals surface area contributed by atoms with Crippen LogP contribution in [0, 0.1) is 5.82 Å². The topological polar surface area (TPSA) is 15.3 Å². The Morgan fingerprint density at radius 3 is 2.45 bits per heavy atom. The molecule has 1 aliphatic heterocycles. The van der Waals surface area contributed by atoms with Crippen LogP contribution in [-0.4, -0.2) is 31.1 Å². The van der Waals surface area contributed by atoms with Crippen molar-refractivity contribution in [1.29, 1.82) is 0 Å². The Kier molecular flexibility index (Phi) is 5.81. The molecule has 1 N–H and O–H groups in total. The Morgan fingerprint density at radius 1 is 1.23 bits per heavy atom. The molecule has 0 bridgehead atoms. The second-order valence-electron chi connectivity index (χ2n) is 5.68. The third kappa shape index (κ3) is 4.20. The molecular weight excluding hydrogens is 296 g/mol. The first kappa shape index (κ1) is 17.2. The highest BCUT2D eigenvalue weighted by molar-refractivity contribution is 5.29. The van der Waals surface area contributed by atoms with E-state index in [1.165, 1.54) is 6.07 Å². The van der Waals surface area contributed by atoms with Crippen molar-refractivity contribution in [2.75, 3.05) is 26.2 Å². The fraction of sp³-hybridized carbons (Fsp3) is 0.625. The smallest absolute Gasteiger partial charge is 0.314 e. The van der Waals surface area contributed by atoms with E-state index >= 15 is 0 Å². The van der Waals surface area contributed by atoms with E-state index in [-0.39, 0.29) is 6.04 Å². The zero-order valence-corrected chi connectivity index (χ0v) is 12.7. The van der Waals surface area contributed by atoms with Crippen molar-refractivity contribution in [2.24, 2.45) is 0 Å². The summed E-state index contributed by atoms with van der Waals surface area (Å²) >= 11 is 0. The summed E-state index contributed by atoms with van der Waals surface area (Å²) in [6, 6.07) is 2.76. The van der Waals surface area contributed by atoms with Crippen LogP contribution in [0.25, 0.3) is 0 Å². The first-order valence-corrected chi connectivity index (χ1v) is 7.75. The molecule has 0 radical (unpaired) electrons. The summed E-state index contributed by atoms with van der Waals surface area (Å²) < 4.78 is 52.3. The SMILES string of the molecule is CCCC[C@@H](c1ccc(C(F)(F)F)cc1F)N1CCNCC1. The average Bonchev–Trinajstić information content (AvgIpc) is 2.49. The van der Waals surface area contributed by atoms with Crippen LogP contribution < -0.4 is 5.32 Å². The standard InChI is InChI=1S/C16H22F4N2/c1-2-3-4-15(22-9-7-21-8-10-22)13-6-5-12(11-14(13)17)16(18,19)20/h5-6,11,15,21H,2-4,7-10H2,1H3/t15-/m0/s1. The van der Waals surface area contributed by atoms with Crippen molar-refractivity contribution in [3.05, 3.63) is 35.1 Å². The number of nitrogens with one attached hydrogen (secondary N) is 1. The third-order valence-electron chi connectivity index (χ3n) is 4.11. The van der Waals surface area contributed by atoms with Crippen LogP contribution in [0.2, 0.25) is 0 Å². The van der Waals surface area contributed by atoms with Crippen molar-refractivity contribution >= 4 is 0 Å². The van der Waals surface area contributed by atoms with Gasteiger partial charge >= 0.3 is 6.18 Å². The van der Waals surface area contributed by atoms with Crippen LogP contribution in [0.5, 0.6) is 0 Å². The number of benzene rings is 1. The molecule has 124 valence electrons. The largest absolute Gasteiger partial charge is 0.416 e. The Bertz CT molecular complexity index is 482. The van der Waals surface area contributed by atoms with E-state index in [2.05, 4.69) is 17.1 Å². The van der Waals surface area contributed by atoms with Gasteiger partial charge in [0, 0.05) is 37.8 Å². The molecule has 1 aromatic carbocycles. The van der Waals surface area contributed by atoms with Gasteiger partial charge in [0.25, 0.3) is 0 Å². The first-order valence-electron chi connectivity index (χ1n) is 7.75. The van der Waals surface area contributed by atoms with E-state index in [0.29, 0.717) is 11.6 Å². The molecule has 0 aromatic heterocycles. The van der Waals surface area contributed by atoms with E-state index in [1.807, 2.05) is 0 Å². The maximum Gasteiger partial charge on any atom is 0.416 e. The molecule has 1 aliphatic rings. The predicted octanol–water partition coefficient (Wildman–Crippen LogP) is 3.98. The number of unbranched alkanes of at least 4 members (excludes halogenated alkanes) is 1. The lowest BCUT2D eigenvalue weighted by atomic mass is 9.97. The Labute approximate surface area is 128 Å². The van der Waals surface area contributed by atoms with Gasteiger partial charge in [-0.3, -0.25) is 4.90 Å². The molecule has 1 fully saturated rings. The summed E-state index contributed by atoms with van der Waals surface area (Å²) in [7, 11) is 0. The molecule has 1 aromatic rings. The molecule has 22 heavy (non-hydrogen) atoms. The minimum atomic E-state index is -4.51. The monoisotopic (exact) mass is 318 g/mol. The van der Waals surface area contributed by atoms with Crippen LogP contribution in [0.3, 0.4) is 0 Å². The van der Waals surface area contributed by atoms with Crippen molar-refractivity contribution in [1.82, 2.24) is 10.2 Å². The third-order valence-corrected chi connectivity index (χ3v) is 4.11. The van der Waals surface area contributed by atoms with Gasteiger partial charge in [0.1, 0.15) is 5.82 Å². The fourth-order valence-corrected chi connectivity index (χ4v) is 2.90. The van der Waals surface area contributed by atoms with Crippen LogP contribution in [0.4, 0.5) is 17.6 Å². The molecular formula is C16H22F4N2. The number of alkyl halides is 3. The van der Waals surface area contributed by atoms with E-state index in [9.17, 15) is 17.6 Å². The number of hydrogen-bond acceptors (Lipinski definition) is 2. The lowest BCUT2D eigenvalue weighted by Gasteiger charge is -2.35. The molecule has 6 heteroatoms. The molecule has 2 rings (SSSR count). The van der Waals surface area contributed by atoms with Gasteiger partial charge in [0.2, 0.25) is 0 Å². The van der Waals surface area contributed by atoms with E-state index in [4.69, 9.17) is 0 Å². The van der Waals surface area contributed by atoms with Crippen LogP contribution in [0.1, 0.15) is 43.4 Å². The van der Waals surface area contributed by atoms with Gasteiger partial charge in [-0.2, -0.15) is 13.2 Å². The van der Waals surface area contributed by atoms with Crippen LogP contribution in [-0.2, 0) is 6.18 Å². The molecule has 1 heterocycles. The zero-order chi connectivity index (χ0) is 16.2. The summed E-state index contributed by atoms with van der Waals surface area (Å²) in [4.78, 5) is 2.16. The summed E-state index contributed by atoms with van der Waals surface area (Å²) in [6.45, 7) is 5.28. The molecule has 0 unspecified atom stereocenters. The second-order valence-corrected chi connectivity index (χ2v) is 5.68. The molecule has 1 saturated heterocycles. The highest BCUT2D eigenvalue weighted by Gasteiger charge is 2.32. The normalized spacial score (nSPS) is 18.4. The van der Waals surface area contributed by atoms with Crippen molar-refractivity contribution < 1.29 is 17.6 Å². The average molecular weight is 318 g/mol. The summed E-state index contributed by atoms with van der Waals surface area (Å²) in [5, 5.41) is 3.24. The van der Waals surface area contributed by atoms with E-state index in [0.717, 1.165) is 51.5 Å². The number of hydrogen-bond donors (Lipinski definition) is 1. The van der Waals surface area contributed by atoms with E-state index < -0.39 is 17.6 Å². The maximum atomic E-state index is 14.3. The highest BCUT2D eigenvalue weighted by atomic mass is 19.4. The summed E-state index contributed by atoms with van der Waals surface area (Å²) in [6.07, 6.45) is -1.84. The van der Waals surface area contributed by atoms with Gasteiger partial charge in [-0.25, -0.2) is 4.39 Å². The van der Waals surface area contributed by atoms with Gasteiger partial charge in [0.05, 0.1) is 5.56 Å². The van der Waals surface area contributed by atoms with Crippen molar-refractivity contribution in [3.63, 3.8) is 0 Å². The fourth-order valence-electron chi connectivity index (χ4n) is 2.90. The first-order chi connectivity index (χ1) is 10.4. The highest BCUT2D eigenvalue weighted by Crippen LogP contribution is 2.34. The van der Waals surface area contributed by atoms with Crippen molar-refractivity contribution in [3.8, 4) is 0 Å². The Morgan fingerprint density at radius 2 is 1.91 bits per heavy atom. The van der Waals surface area contributed by atoms with Gasteiger partial charge in [-0.15, -0.1) is 0 Å². The van der Waals surface area contributed by atoms with Crippen molar-refractivity contribution in [2.45, 2.75) is 38.4 Å². The van der Waals surface area contributed by atoms with Gasteiger partial charge < -0.3 is 5.32 Å². The summed E-state index contributed by atoms with van der Waals surface area (Å²) in [5.41, 5.74) is -0.549. The minimum Gasteiger partial charge on any atom is -0.314 e. The lowest BCUT2D eigenvalue weighted by molar-refractivity contribution is -0.137. The minimum absolute atomic E-state index is 0.149. The molecule has 0 aliphatic carbocycles. The number of nitrogens with zero attached hydrogens (tertiary/aromatic N) is 1. The quantitative estimate of drug-likeness (QED) is 0.826. The molecule has 0 spiro atoms. The lowest BCUT2D eigenvalue weighted by Crippen LogP contribution is -2.45. The number of halogens is 4. The second kappa shape index (κ2) is 7.42. The van der Waals surface area contributed by atoms with E-state index in [1.54, 1.807) is 0 Å². The van der Waals surface area contributed by atoms with Crippen LogP contribution in [0.15, 0.2) is 18.2 Å². The zero-order valence-electron chi connectivity index (χ0n) is 12.7. The van der Waals surface area contributed by atoms with Gasteiger partial charge in [-0.05, 0) is 18.6 Å². The molecule has 2 nitrogen and oxygen atoms in total. The maximum absolute atomic E-state index is 14.3. The van der Waals surface area contributed by atoms with Gasteiger partial charge in [0.15, 0.2) is 0 Å².